The third-order valence-corrected chi connectivity index (χ3v) is 9.80. The quantitative estimate of drug-likeness (QED) is 0.539. The Hall–Kier alpha value is -0.340. The van der Waals surface area contributed by atoms with Gasteiger partial charge < -0.3 is 9.84 Å². The summed E-state index contributed by atoms with van der Waals surface area (Å²) in [5.74, 6) is 5.13. The van der Waals surface area contributed by atoms with E-state index in [2.05, 4.69) is 40.7 Å². The molecule has 2 saturated carbocycles. The van der Waals surface area contributed by atoms with Crippen molar-refractivity contribution in [2.24, 2.45) is 46.3 Å². The van der Waals surface area contributed by atoms with Crippen LogP contribution in [0.5, 0.6) is 0 Å². The van der Waals surface area contributed by atoms with Crippen molar-refractivity contribution in [1.29, 1.82) is 0 Å². The molecule has 0 radical (unpaired) electrons. The third kappa shape index (κ3) is 3.41. The van der Waals surface area contributed by atoms with Crippen molar-refractivity contribution in [1.82, 2.24) is 0 Å². The van der Waals surface area contributed by atoms with Gasteiger partial charge in [0.1, 0.15) is 0 Å². The van der Waals surface area contributed by atoms with Crippen LogP contribution in [0.3, 0.4) is 0 Å². The Morgan fingerprint density at radius 3 is 2.64 bits per heavy atom. The van der Waals surface area contributed by atoms with E-state index in [0.717, 1.165) is 48.5 Å². The van der Waals surface area contributed by atoms with Crippen molar-refractivity contribution in [3.05, 3.63) is 11.6 Å². The van der Waals surface area contributed by atoms with Crippen molar-refractivity contribution in [3.8, 4) is 0 Å². The first-order valence-electron chi connectivity index (χ1n) is 12.2. The maximum Gasteiger partial charge on any atom is 0.158 e. The van der Waals surface area contributed by atoms with E-state index in [4.69, 9.17) is 4.74 Å². The second-order valence-electron chi connectivity index (χ2n) is 11.8. The Morgan fingerprint density at radius 1 is 1.11 bits per heavy atom. The first-order valence-corrected chi connectivity index (χ1v) is 12.2. The number of rotatable bonds is 5. The summed E-state index contributed by atoms with van der Waals surface area (Å²) in [6.45, 7) is 13.1. The Labute approximate surface area is 173 Å². The predicted octanol–water partition coefficient (Wildman–Crippen LogP) is 6.58. The van der Waals surface area contributed by atoms with Crippen molar-refractivity contribution in [3.63, 3.8) is 0 Å². The van der Waals surface area contributed by atoms with Gasteiger partial charge in [-0.05, 0) is 73.0 Å². The minimum absolute atomic E-state index is 0.171. The summed E-state index contributed by atoms with van der Waals surface area (Å²) in [5.41, 5.74) is 2.22. The van der Waals surface area contributed by atoms with E-state index in [0.29, 0.717) is 5.41 Å². The minimum Gasteiger partial charge on any atom is -0.368 e. The normalized spacial score (nSPS) is 46.5. The van der Waals surface area contributed by atoms with Crippen molar-refractivity contribution < 1.29 is 9.84 Å². The lowest BCUT2D eigenvalue weighted by molar-refractivity contribution is -0.167. The fourth-order valence-electron chi connectivity index (χ4n) is 8.21. The molecule has 1 N–H and O–H groups in total. The smallest absolute Gasteiger partial charge is 0.158 e. The van der Waals surface area contributed by atoms with Gasteiger partial charge in [-0.25, -0.2) is 0 Å². The molecule has 1 saturated heterocycles. The van der Waals surface area contributed by atoms with Crippen LogP contribution in [-0.2, 0) is 4.74 Å². The third-order valence-electron chi connectivity index (χ3n) is 9.80. The van der Waals surface area contributed by atoms with Crippen molar-refractivity contribution >= 4 is 0 Å². The number of aliphatic hydroxyl groups excluding tert-OH is 1. The van der Waals surface area contributed by atoms with Gasteiger partial charge in [-0.3, -0.25) is 0 Å². The second kappa shape index (κ2) is 7.73. The van der Waals surface area contributed by atoms with Crippen molar-refractivity contribution in [2.45, 2.75) is 98.7 Å². The Bertz CT molecular complexity index is 595. The lowest BCUT2D eigenvalue weighted by atomic mass is 9.48. The molecule has 0 aromatic heterocycles. The molecule has 0 amide bonds. The Morgan fingerprint density at radius 2 is 1.89 bits per heavy atom. The molecule has 0 spiro atoms. The van der Waals surface area contributed by atoms with Gasteiger partial charge in [-0.15, -0.1) is 0 Å². The predicted molar refractivity (Wildman–Crippen MR) is 116 cm³/mol. The zero-order valence-corrected chi connectivity index (χ0v) is 19.0. The van der Waals surface area contributed by atoms with E-state index in [-0.39, 0.29) is 5.41 Å². The monoisotopic (exact) mass is 388 g/mol. The number of hydrogen-bond donors (Lipinski definition) is 1. The molecule has 28 heavy (non-hydrogen) atoms. The van der Waals surface area contributed by atoms with Crippen LogP contribution < -0.4 is 0 Å². The molecule has 3 fully saturated rings. The first kappa shape index (κ1) is 20.9. The van der Waals surface area contributed by atoms with E-state index >= 15 is 0 Å². The van der Waals surface area contributed by atoms with Gasteiger partial charge in [0.05, 0.1) is 6.61 Å². The molecule has 0 aromatic rings. The van der Waals surface area contributed by atoms with Gasteiger partial charge in [0, 0.05) is 11.8 Å². The van der Waals surface area contributed by atoms with Crippen LogP contribution in [-0.4, -0.2) is 18.0 Å². The van der Waals surface area contributed by atoms with Gasteiger partial charge in [-0.1, -0.05) is 65.5 Å². The second-order valence-corrected chi connectivity index (χ2v) is 11.8. The molecular weight excluding hydrogens is 344 g/mol. The van der Waals surface area contributed by atoms with Gasteiger partial charge in [0.15, 0.2) is 6.29 Å². The van der Waals surface area contributed by atoms with Gasteiger partial charge in [0.2, 0.25) is 0 Å². The van der Waals surface area contributed by atoms with Crippen LogP contribution in [0.2, 0.25) is 0 Å². The number of aliphatic hydroxyl groups is 1. The maximum atomic E-state index is 9.99. The molecule has 1 heterocycles. The Balaban J connectivity index is 1.49. The molecule has 0 bridgehead atoms. The summed E-state index contributed by atoms with van der Waals surface area (Å²) >= 11 is 0. The summed E-state index contributed by atoms with van der Waals surface area (Å²) in [5, 5.41) is 9.99. The molecule has 4 aliphatic rings. The van der Waals surface area contributed by atoms with E-state index in [1.165, 1.54) is 56.9 Å². The fraction of sp³-hybridized carbons (Fsp3) is 0.923. The standard InChI is InChI=1S/C26H44O2/c1-17(2)7-6-8-18(3)21-11-12-22-20-10-9-19-15-24(27)28-16-26(19,5)23(20)13-14-25(21,22)4/h9,17-18,20-24,27H,6-8,10-16H2,1-5H3/t18-,20+,21-,22+,23+,24+,25-,26+/m1/s1. The zero-order valence-electron chi connectivity index (χ0n) is 19.0. The Kier molecular flexibility index (Phi) is 5.77. The molecular formula is C26H44O2. The fourth-order valence-corrected chi connectivity index (χ4v) is 8.21. The van der Waals surface area contributed by atoms with E-state index in [9.17, 15) is 5.11 Å². The molecule has 1 aliphatic heterocycles. The zero-order chi connectivity index (χ0) is 20.1. The number of ether oxygens (including phenoxy) is 1. The topological polar surface area (TPSA) is 29.5 Å². The molecule has 0 aromatic carbocycles. The lowest BCUT2D eigenvalue weighted by Crippen LogP contribution is -2.52. The van der Waals surface area contributed by atoms with E-state index < -0.39 is 6.29 Å². The molecule has 3 aliphatic carbocycles. The first-order chi connectivity index (χ1) is 13.3. The summed E-state index contributed by atoms with van der Waals surface area (Å²) in [6, 6.07) is 0. The molecule has 2 nitrogen and oxygen atoms in total. The summed E-state index contributed by atoms with van der Waals surface area (Å²) in [6.07, 6.45) is 13.8. The molecule has 160 valence electrons. The molecule has 8 atom stereocenters. The molecule has 4 rings (SSSR count). The van der Waals surface area contributed by atoms with Crippen LogP contribution in [0.25, 0.3) is 0 Å². The van der Waals surface area contributed by atoms with Crippen LogP contribution in [0.4, 0.5) is 0 Å². The number of fused-ring (bicyclic) bond motifs is 5. The van der Waals surface area contributed by atoms with Crippen LogP contribution in [0, 0.1) is 46.3 Å². The molecule has 2 heteroatoms. The summed E-state index contributed by atoms with van der Waals surface area (Å²) in [7, 11) is 0. The van der Waals surface area contributed by atoms with Crippen molar-refractivity contribution in [2.75, 3.05) is 6.61 Å². The highest BCUT2D eigenvalue weighted by atomic mass is 16.6. The number of hydrogen-bond acceptors (Lipinski definition) is 2. The SMILES string of the molecule is CC(C)CCC[C@@H](C)[C@H]1CC[C@H]2[C@@H]3CC=C4C[C@@H](O)OC[C@]4(C)[C@H]3CC[C@]12C. The van der Waals surface area contributed by atoms with Gasteiger partial charge in [0.25, 0.3) is 0 Å². The van der Waals surface area contributed by atoms with Gasteiger partial charge >= 0.3 is 0 Å². The van der Waals surface area contributed by atoms with Crippen LogP contribution in [0.15, 0.2) is 11.6 Å². The average Bonchev–Trinajstić information content (AvgIpc) is 2.99. The largest absolute Gasteiger partial charge is 0.368 e. The van der Waals surface area contributed by atoms with E-state index in [1.807, 2.05) is 0 Å². The highest BCUT2D eigenvalue weighted by molar-refractivity contribution is 5.24. The van der Waals surface area contributed by atoms with E-state index in [1.54, 1.807) is 0 Å². The highest BCUT2D eigenvalue weighted by Crippen LogP contribution is 2.66. The van der Waals surface area contributed by atoms with Crippen LogP contribution in [0.1, 0.15) is 92.4 Å². The molecule has 0 unspecified atom stereocenters. The lowest BCUT2D eigenvalue weighted by Gasteiger charge is -2.58. The number of allylic oxidation sites excluding steroid dienone is 1. The van der Waals surface area contributed by atoms with Crippen LogP contribution >= 0.6 is 0 Å². The summed E-state index contributed by atoms with van der Waals surface area (Å²) in [4.78, 5) is 0. The highest BCUT2D eigenvalue weighted by Gasteiger charge is 2.59. The van der Waals surface area contributed by atoms with Gasteiger partial charge in [-0.2, -0.15) is 0 Å². The minimum atomic E-state index is -0.577. The maximum absolute atomic E-state index is 9.99. The average molecular weight is 389 g/mol. The summed E-state index contributed by atoms with van der Waals surface area (Å²) < 4.78 is 5.77.